The van der Waals surface area contributed by atoms with Gasteiger partial charge in [0.05, 0.1) is 29.4 Å². The van der Waals surface area contributed by atoms with Crippen molar-refractivity contribution in [2.75, 3.05) is 0 Å². The van der Waals surface area contributed by atoms with Gasteiger partial charge in [0.1, 0.15) is 6.26 Å². The van der Waals surface area contributed by atoms with Crippen LogP contribution in [0.15, 0.2) is 58.3 Å². The fourth-order valence-electron chi connectivity index (χ4n) is 7.68. The average molecular weight is 508 g/mol. The summed E-state index contributed by atoms with van der Waals surface area (Å²) in [7, 11) is 0. The predicted molar refractivity (Wildman–Crippen MR) is 146 cm³/mol. The Kier molecular flexibility index (Phi) is 7.43. The number of aryl methyl sites for hydroxylation is 1. The first-order valence-corrected chi connectivity index (χ1v) is 14.4. The van der Waals surface area contributed by atoms with Gasteiger partial charge in [0, 0.05) is 6.42 Å². The van der Waals surface area contributed by atoms with Gasteiger partial charge in [-0.15, -0.1) is 0 Å². The Hall–Kier alpha value is -1.95. The molecule has 4 aliphatic carbocycles. The van der Waals surface area contributed by atoms with Crippen molar-refractivity contribution in [3.8, 4) is 0 Å². The van der Waals surface area contributed by atoms with Crippen LogP contribution in [0.4, 0.5) is 0 Å². The minimum Gasteiger partial charge on any atom is -0.448 e. The zero-order chi connectivity index (χ0) is 26.4. The molecule has 1 heterocycles. The fourth-order valence-corrected chi connectivity index (χ4v) is 7.68. The van der Waals surface area contributed by atoms with Crippen molar-refractivity contribution in [1.29, 1.82) is 0 Å². The lowest BCUT2D eigenvalue weighted by atomic mass is 9.61. The summed E-state index contributed by atoms with van der Waals surface area (Å²) in [4.78, 5) is 4.62. The summed E-state index contributed by atoms with van der Waals surface area (Å²) in [5.41, 5.74) is 4.10. The summed E-state index contributed by atoms with van der Waals surface area (Å²) in [6.07, 6.45) is 18.3. The highest BCUT2D eigenvalue weighted by atomic mass is 16.3. The van der Waals surface area contributed by atoms with Crippen LogP contribution in [-0.4, -0.2) is 38.6 Å². The molecule has 5 nitrogen and oxygen atoms in total. The summed E-state index contributed by atoms with van der Waals surface area (Å²) in [6.45, 7) is 10.9. The van der Waals surface area contributed by atoms with E-state index < -0.39 is 18.3 Å². The first-order chi connectivity index (χ1) is 17.7. The molecule has 0 radical (unpaired) electrons. The van der Waals surface area contributed by atoms with Crippen molar-refractivity contribution in [2.24, 2.45) is 23.2 Å². The summed E-state index contributed by atoms with van der Waals surface area (Å²) in [6, 6.07) is 0. The summed E-state index contributed by atoms with van der Waals surface area (Å²) < 4.78 is 5.75. The van der Waals surface area contributed by atoms with Crippen LogP contribution in [-0.2, 0) is 11.8 Å². The number of hydrogen-bond acceptors (Lipinski definition) is 5. The zero-order valence-corrected chi connectivity index (χ0v) is 22.8. The van der Waals surface area contributed by atoms with Crippen molar-refractivity contribution in [1.82, 2.24) is 4.98 Å². The van der Waals surface area contributed by atoms with E-state index in [1.807, 2.05) is 6.08 Å². The molecule has 1 aromatic heterocycles. The van der Waals surface area contributed by atoms with E-state index in [4.69, 9.17) is 4.42 Å². The maximum atomic E-state index is 11.1. The molecule has 4 saturated carbocycles. The van der Waals surface area contributed by atoms with Crippen molar-refractivity contribution in [3.05, 3.63) is 65.5 Å². The quantitative estimate of drug-likeness (QED) is 0.396. The molecule has 5 heteroatoms. The van der Waals surface area contributed by atoms with Gasteiger partial charge in [-0.25, -0.2) is 4.98 Å². The van der Waals surface area contributed by atoms with Crippen LogP contribution >= 0.6 is 0 Å². The maximum absolute atomic E-state index is 11.1. The zero-order valence-electron chi connectivity index (χ0n) is 22.8. The third-order valence-electron chi connectivity index (χ3n) is 10.2. The van der Waals surface area contributed by atoms with Gasteiger partial charge < -0.3 is 19.7 Å². The third-order valence-corrected chi connectivity index (χ3v) is 10.2. The average Bonchev–Trinajstić information content (AvgIpc) is 3.39. The van der Waals surface area contributed by atoms with Gasteiger partial charge in [-0.05, 0) is 92.1 Å². The Balaban J connectivity index is 1.28. The third kappa shape index (κ3) is 4.95. The highest BCUT2D eigenvalue weighted by Gasteiger charge is 2.54. The molecule has 3 N–H and O–H groups in total. The van der Waals surface area contributed by atoms with Gasteiger partial charge in [-0.1, -0.05) is 57.2 Å². The number of rotatable bonds is 7. The highest BCUT2D eigenvalue weighted by molar-refractivity contribution is 5.38. The molecule has 202 valence electrons. The standard InChI is InChI=1S/C32H45NO4/c1-5-24-19-37-30(33-24)32(15-16-32)29(36)13-8-20(2)26-11-12-27-22(7-6-14-31(26,27)4)9-10-23-17-25(34)18-28(35)21(23)3/h8-10,13,19-20,25-29,34-36H,3,5-7,11-12,14-18H2,1-2,4H3/b13-8+,22-9+,23-10-/t20-,25+,26+,27-,28-,29+,31+/m0/s1. The second-order valence-corrected chi connectivity index (χ2v) is 12.5. The Morgan fingerprint density at radius 1 is 1.19 bits per heavy atom. The van der Waals surface area contributed by atoms with E-state index in [0.29, 0.717) is 36.5 Å². The van der Waals surface area contributed by atoms with E-state index >= 15 is 0 Å². The van der Waals surface area contributed by atoms with Crippen LogP contribution in [0.5, 0.6) is 0 Å². The number of aliphatic hydroxyl groups excluding tert-OH is 3. The van der Waals surface area contributed by atoms with Crippen molar-refractivity contribution >= 4 is 0 Å². The summed E-state index contributed by atoms with van der Waals surface area (Å²) >= 11 is 0. The molecule has 0 saturated heterocycles. The Morgan fingerprint density at radius 2 is 1.97 bits per heavy atom. The molecule has 0 spiro atoms. The smallest absolute Gasteiger partial charge is 0.203 e. The minimum absolute atomic E-state index is 0.246. The Morgan fingerprint density at radius 3 is 2.68 bits per heavy atom. The molecule has 0 aromatic carbocycles. The number of oxazole rings is 1. The van der Waals surface area contributed by atoms with E-state index in [-0.39, 0.29) is 10.8 Å². The molecule has 0 bridgehead atoms. The van der Waals surface area contributed by atoms with Crippen LogP contribution in [0.25, 0.3) is 0 Å². The summed E-state index contributed by atoms with van der Waals surface area (Å²) in [5, 5.41) is 31.4. The number of hydrogen-bond donors (Lipinski definition) is 3. The van der Waals surface area contributed by atoms with Gasteiger partial charge in [-0.2, -0.15) is 0 Å². The Labute approximate surface area is 222 Å². The summed E-state index contributed by atoms with van der Waals surface area (Å²) in [5.74, 6) is 2.22. The van der Waals surface area contributed by atoms with Gasteiger partial charge in [-0.3, -0.25) is 0 Å². The van der Waals surface area contributed by atoms with E-state index in [9.17, 15) is 15.3 Å². The van der Waals surface area contributed by atoms with Crippen LogP contribution in [0.2, 0.25) is 0 Å². The van der Waals surface area contributed by atoms with Crippen molar-refractivity contribution in [3.63, 3.8) is 0 Å². The molecule has 0 aliphatic heterocycles. The van der Waals surface area contributed by atoms with Gasteiger partial charge in [0.15, 0.2) is 0 Å². The second kappa shape index (κ2) is 10.3. The second-order valence-electron chi connectivity index (χ2n) is 12.5. The first-order valence-electron chi connectivity index (χ1n) is 14.4. The monoisotopic (exact) mass is 507 g/mol. The molecule has 7 atom stereocenters. The largest absolute Gasteiger partial charge is 0.448 e. The van der Waals surface area contributed by atoms with Gasteiger partial charge in [0.2, 0.25) is 5.89 Å². The van der Waals surface area contributed by atoms with Gasteiger partial charge in [0.25, 0.3) is 0 Å². The van der Waals surface area contributed by atoms with Crippen molar-refractivity contribution < 1.29 is 19.7 Å². The maximum Gasteiger partial charge on any atom is 0.203 e. The van der Waals surface area contributed by atoms with Gasteiger partial charge >= 0.3 is 0 Å². The van der Waals surface area contributed by atoms with E-state index in [1.54, 1.807) is 6.26 Å². The molecule has 1 aromatic rings. The minimum atomic E-state index is -0.643. The molecule has 4 aliphatic rings. The normalized spacial score (nSPS) is 37.3. The molecular weight excluding hydrogens is 462 g/mol. The lowest BCUT2D eigenvalue weighted by Crippen LogP contribution is -2.35. The molecule has 0 unspecified atom stereocenters. The van der Waals surface area contributed by atoms with Crippen LogP contribution < -0.4 is 0 Å². The molecule has 0 amide bonds. The molecule has 37 heavy (non-hydrogen) atoms. The SMILES string of the molecule is C=C1/C(=C\C=C2/CCC[C@]3(C)[C@@H]([C@@H](C)/C=C/[C@@H](O)C4(c5nc(CC)co5)CC4)CC[C@@H]23)C[C@@H](O)C[C@@H]1O. The van der Waals surface area contributed by atoms with E-state index in [1.165, 1.54) is 31.3 Å². The highest BCUT2D eigenvalue weighted by Crippen LogP contribution is 2.60. The Bertz CT molecular complexity index is 1090. The molecular formula is C32H45NO4. The van der Waals surface area contributed by atoms with Crippen LogP contribution in [0.3, 0.4) is 0 Å². The number of allylic oxidation sites excluding steroid dienone is 4. The number of nitrogens with zero attached hydrogens (tertiary/aromatic N) is 1. The predicted octanol–water partition coefficient (Wildman–Crippen LogP) is 5.96. The first kappa shape index (κ1) is 26.6. The number of aliphatic hydroxyl groups is 3. The topological polar surface area (TPSA) is 86.7 Å². The van der Waals surface area contributed by atoms with E-state index in [2.05, 4.69) is 50.6 Å². The van der Waals surface area contributed by atoms with E-state index in [0.717, 1.165) is 42.5 Å². The lowest BCUT2D eigenvalue weighted by molar-refractivity contribution is 0.0862. The fraction of sp³-hybridized carbons (Fsp3) is 0.656. The lowest BCUT2D eigenvalue weighted by Gasteiger charge is -2.44. The van der Waals surface area contributed by atoms with Crippen molar-refractivity contribution in [2.45, 2.75) is 109 Å². The van der Waals surface area contributed by atoms with Crippen LogP contribution in [0.1, 0.15) is 90.1 Å². The van der Waals surface area contributed by atoms with Crippen LogP contribution in [0, 0.1) is 23.2 Å². The number of aromatic nitrogens is 1. The molecule has 5 rings (SSSR count). The number of fused-ring (bicyclic) bond motifs is 1. The molecule has 4 fully saturated rings.